The maximum absolute atomic E-state index is 14.8. The predicted molar refractivity (Wildman–Crippen MR) is 437 cm³/mol. The highest BCUT2D eigenvalue weighted by molar-refractivity contribution is 5.82. The quantitative estimate of drug-likeness (QED) is 0.0565. The first-order chi connectivity index (χ1) is 48.8. The zero-order valence-electron chi connectivity index (χ0n) is 68.7. The fourth-order valence-corrected chi connectivity index (χ4v) is 15.5. The number of rotatable bonds is 81. The summed E-state index contributed by atoms with van der Waals surface area (Å²) in [6, 6.07) is 0. The van der Waals surface area contributed by atoms with Crippen LogP contribution in [-0.2, 0) is 14.4 Å². The summed E-state index contributed by atoms with van der Waals surface area (Å²) in [5.41, 5.74) is 0. The average Bonchev–Trinajstić information content (AvgIpc) is 0.838. The van der Waals surface area contributed by atoms with Gasteiger partial charge in [-0.15, -0.1) is 0 Å². The van der Waals surface area contributed by atoms with Crippen LogP contribution in [0.15, 0.2) is 0 Å². The van der Waals surface area contributed by atoms with Gasteiger partial charge in [0.2, 0.25) is 17.7 Å². The van der Waals surface area contributed by atoms with Crippen molar-refractivity contribution in [3.05, 3.63) is 0 Å². The lowest BCUT2D eigenvalue weighted by Gasteiger charge is -2.43. The molecule has 0 aromatic rings. The molecule has 1 aliphatic heterocycles. The third kappa shape index (κ3) is 64.4. The van der Waals surface area contributed by atoms with E-state index in [9.17, 15) is 14.4 Å². The van der Waals surface area contributed by atoms with E-state index in [0.29, 0.717) is 39.3 Å². The molecule has 0 bridgehead atoms. The maximum Gasteiger partial charge on any atom is 0.226 e. The van der Waals surface area contributed by atoms with Crippen molar-refractivity contribution in [2.75, 3.05) is 78.9 Å². The number of nitrogens with zero attached hydrogens (tertiary/aromatic N) is 6. The number of hydrogen-bond acceptors (Lipinski definition) is 6. The Balaban J connectivity index is 3.29. The van der Waals surface area contributed by atoms with Crippen LogP contribution in [0.2, 0.25) is 0 Å². The van der Waals surface area contributed by atoms with Gasteiger partial charge in [0.1, 0.15) is 0 Å². The van der Waals surface area contributed by atoms with Crippen LogP contribution in [0.3, 0.4) is 0 Å². The van der Waals surface area contributed by atoms with Crippen LogP contribution in [0.4, 0.5) is 0 Å². The van der Waals surface area contributed by atoms with E-state index in [4.69, 9.17) is 0 Å². The van der Waals surface area contributed by atoms with Crippen LogP contribution in [-0.4, -0.2) is 126 Å². The number of hydrogen-bond donors (Lipinski definition) is 0. The summed E-state index contributed by atoms with van der Waals surface area (Å²) in [6.45, 7) is 23.3. The van der Waals surface area contributed by atoms with Gasteiger partial charge in [-0.25, -0.2) is 0 Å². The lowest BCUT2D eigenvalue weighted by Crippen LogP contribution is -2.60. The zero-order valence-corrected chi connectivity index (χ0v) is 68.7. The summed E-state index contributed by atoms with van der Waals surface area (Å²) in [5.74, 6) is 0.284. The maximum atomic E-state index is 14.8. The van der Waals surface area contributed by atoms with Crippen molar-refractivity contribution in [1.29, 1.82) is 0 Å². The molecule has 0 radical (unpaired) electrons. The normalized spacial score (nSPS) is 12.9. The van der Waals surface area contributed by atoms with Crippen LogP contribution < -0.4 is 0 Å². The number of amides is 3. The van der Waals surface area contributed by atoms with Crippen molar-refractivity contribution in [3.8, 4) is 0 Å². The van der Waals surface area contributed by atoms with Gasteiger partial charge in [-0.3, -0.25) is 14.4 Å². The number of carbonyl (C=O) groups is 3. The lowest BCUT2D eigenvalue weighted by atomic mass is 10.1. The molecular formula is C90H180N6O3. The second-order valence-corrected chi connectivity index (χ2v) is 32.2. The van der Waals surface area contributed by atoms with Gasteiger partial charge in [-0.2, -0.15) is 0 Å². The molecule has 0 spiro atoms. The summed E-state index contributed by atoms with van der Waals surface area (Å²) >= 11 is 0. The molecule has 0 unspecified atom stereocenters. The Labute approximate surface area is 621 Å². The molecule has 0 atom stereocenters. The minimum atomic E-state index is 0.0948. The standard InChI is InChI=1S/C90H180N6O3/c1-7-13-19-25-31-37-43-49-55-61-67-76-91(77-68-62-56-50-44-38-32-26-20-14-8-2)82-73-88(97)94-85-95(89(98)74-83-92(78-69-63-57-51-45-39-33-27-21-15-9-3)79-70-64-58-52-46-40-34-28-22-16-10-4)87-96(86-94)90(99)75-84-93(80-71-65-59-53-47-41-35-29-23-17-11-5)81-72-66-60-54-48-42-36-30-24-18-12-6/h7-87H2,1-6H3. The summed E-state index contributed by atoms with van der Waals surface area (Å²) in [5, 5.41) is 0. The Kier molecular flexibility index (Phi) is 74.5. The van der Waals surface area contributed by atoms with E-state index in [0.717, 1.165) is 58.9 Å². The number of carbonyl (C=O) groups excluding carboxylic acids is 3. The van der Waals surface area contributed by atoms with E-state index in [-0.39, 0.29) is 17.7 Å². The smallest absolute Gasteiger partial charge is 0.226 e. The van der Waals surface area contributed by atoms with E-state index in [1.54, 1.807) is 0 Å². The molecule has 1 aliphatic rings. The first-order valence-corrected chi connectivity index (χ1v) is 45.8. The largest absolute Gasteiger partial charge is 0.307 e. The average molecular weight is 1390 g/mol. The van der Waals surface area contributed by atoms with Crippen molar-refractivity contribution < 1.29 is 14.4 Å². The monoisotopic (exact) mass is 1390 g/mol. The molecule has 0 aromatic carbocycles. The molecule has 3 amide bonds. The highest BCUT2D eigenvalue weighted by Gasteiger charge is 2.32. The Hall–Kier alpha value is -1.71. The first-order valence-electron chi connectivity index (χ1n) is 45.8. The molecule has 1 rings (SSSR count). The van der Waals surface area contributed by atoms with Gasteiger partial charge in [0.15, 0.2) is 0 Å². The van der Waals surface area contributed by atoms with E-state index in [1.165, 1.54) is 424 Å². The molecule has 9 nitrogen and oxygen atoms in total. The van der Waals surface area contributed by atoms with Gasteiger partial charge in [0.05, 0.1) is 20.0 Å². The van der Waals surface area contributed by atoms with Crippen molar-refractivity contribution in [3.63, 3.8) is 0 Å². The van der Waals surface area contributed by atoms with E-state index >= 15 is 0 Å². The van der Waals surface area contributed by atoms with Crippen molar-refractivity contribution in [1.82, 2.24) is 29.4 Å². The van der Waals surface area contributed by atoms with Crippen LogP contribution in [0, 0.1) is 0 Å². The topological polar surface area (TPSA) is 70.7 Å². The molecule has 0 N–H and O–H groups in total. The first kappa shape index (κ1) is 95.3. The Bertz CT molecular complexity index is 1380. The third-order valence-electron chi connectivity index (χ3n) is 22.5. The van der Waals surface area contributed by atoms with Crippen molar-refractivity contribution >= 4 is 17.7 Å². The second-order valence-electron chi connectivity index (χ2n) is 32.2. The van der Waals surface area contributed by atoms with Crippen molar-refractivity contribution in [2.24, 2.45) is 0 Å². The molecule has 1 heterocycles. The van der Waals surface area contributed by atoms with Crippen LogP contribution >= 0.6 is 0 Å². The highest BCUT2D eigenvalue weighted by Crippen LogP contribution is 2.21. The van der Waals surface area contributed by atoms with E-state index in [1.807, 2.05) is 14.7 Å². The molecule has 99 heavy (non-hydrogen) atoms. The number of unbranched alkanes of at least 4 members (excludes halogenated alkanes) is 60. The Morgan fingerprint density at radius 3 is 0.404 bits per heavy atom. The summed E-state index contributed by atoms with van der Waals surface area (Å²) < 4.78 is 0. The molecule has 588 valence electrons. The Morgan fingerprint density at radius 2 is 0.283 bits per heavy atom. The fourth-order valence-electron chi connectivity index (χ4n) is 15.5. The molecule has 0 aliphatic carbocycles. The summed E-state index contributed by atoms with van der Waals surface area (Å²) in [4.78, 5) is 58.0. The van der Waals surface area contributed by atoms with Gasteiger partial charge in [0.25, 0.3) is 0 Å². The SMILES string of the molecule is CCCCCCCCCCCCCN(CCCCCCCCCCCCC)CCC(=O)N1CN(C(=O)CCN(CCCCCCCCCCCCC)CCCCCCCCCCCCC)CN(C(=O)CCN(CCCCCCCCCCCCC)CCCCCCCCCCCCC)C1. The van der Waals surface area contributed by atoms with E-state index in [2.05, 4.69) is 56.2 Å². The molecule has 1 saturated heterocycles. The minimum Gasteiger partial charge on any atom is -0.307 e. The fraction of sp³-hybridized carbons (Fsp3) is 0.967. The van der Waals surface area contributed by atoms with Crippen LogP contribution in [0.1, 0.15) is 485 Å². The molecule has 0 aromatic heterocycles. The zero-order chi connectivity index (χ0) is 71.5. The van der Waals surface area contributed by atoms with Gasteiger partial charge < -0.3 is 29.4 Å². The minimum absolute atomic E-state index is 0.0948. The van der Waals surface area contributed by atoms with Gasteiger partial charge in [-0.1, -0.05) is 427 Å². The molecule has 9 heteroatoms. The predicted octanol–water partition coefficient (Wildman–Crippen LogP) is 27.3. The van der Waals surface area contributed by atoms with Crippen LogP contribution in [0.25, 0.3) is 0 Å². The molecular weight excluding hydrogens is 1210 g/mol. The molecule has 1 fully saturated rings. The Morgan fingerprint density at radius 1 is 0.172 bits per heavy atom. The van der Waals surface area contributed by atoms with Crippen molar-refractivity contribution in [2.45, 2.75) is 485 Å². The second kappa shape index (κ2) is 77.4. The van der Waals surface area contributed by atoms with Gasteiger partial charge in [0, 0.05) is 38.9 Å². The highest BCUT2D eigenvalue weighted by atomic mass is 16.2. The molecule has 0 saturated carbocycles. The third-order valence-corrected chi connectivity index (χ3v) is 22.5. The summed E-state index contributed by atoms with van der Waals surface area (Å²) in [7, 11) is 0. The lowest BCUT2D eigenvalue weighted by molar-refractivity contribution is -0.159. The van der Waals surface area contributed by atoms with Crippen LogP contribution in [0.5, 0.6) is 0 Å². The van der Waals surface area contributed by atoms with Gasteiger partial charge in [-0.05, 0) is 77.8 Å². The van der Waals surface area contributed by atoms with E-state index < -0.39 is 0 Å². The summed E-state index contributed by atoms with van der Waals surface area (Å²) in [6.07, 6.45) is 89.9. The van der Waals surface area contributed by atoms with Gasteiger partial charge >= 0.3 is 0 Å².